The van der Waals surface area contributed by atoms with Crippen LogP contribution in [0.5, 0.6) is 0 Å². The summed E-state index contributed by atoms with van der Waals surface area (Å²) >= 11 is 0. The number of imidazole rings is 1. The van der Waals surface area contributed by atoms with Gasteiger partial charge in [0.2, 0.25) is 0 Å². The fraction of sp³-hybridized carbons (Fsp3) is 0.292. The van der Waals surface area contributed by atoms with E-state index in [1.807, 2.05) is 25.4 Å². The first kappa shape index (κ1) is 23.6. The van der Waals surface area contributed by atoms with Crippen LogP contribution in [0.4, 0.5) is 22.0 Å². The van der Waals surface area contributed by atoms with Gasteiger partial charge < -0.3 is 15.0 Å². The van der Waals surface area contributed by atoms with Gasteiger partial charge in [0.15, 0.2) is 0 Å². The molecule has 4 aromatic rings. The number of rotatable bonds is 4. The number of nitrogens with one attached hydrogen (secondary N) is 3. The number of hydrogen-bond acceptors (Lipinski definition) is 7. The summed E-state index contributed by atoms with van der Waals surface area (Å²) in [5.41, 5.74) is 4.16. The Labute approximate surface area is 201 Å². The van der Waals surface area contributed by atoms with Gasteiger partial charge in [-0.1, -0.05) is 6.42 Å². The van der Waals surface area contributed by atoms with Crippen molar-refractivity contribution in [2.45, 2.75) is 19.3 Å². The molecule has 11 nitrogen and oxygen atoms in total. The average Bonchev–Trinajstić information content (AvgIpc) is 3.36. The van der Waals surface area contributed by atoms with Crippen molar-refractivity contribution < 1.29 is 9.53 Å². The first-order valence-corrected chi connectivity index (χ1v) is 11.1. The molecule has 0 spiro atoms. The third kappa shape index (κ3) is 5.50. The molecule has 35 heavy (non-hydrogen) atoms. The van der Waals surface area contributed by atoms with E-state index in [4.69, 9.17) is 5.26 Å². The van der Waals surface area contributed by atoms with Crippen LogP contribution in [0.1, 0.15) is 19.3 Å². The number of pyridine rings is 1. The Bertz CT molecular complexity index is 1460. The molecule has 1 fully saturated rings. The van der Waals surface area contributed by atoms with Gasteiger partial charge in [0.1, 0.15) is 5.82 Å². The van der Waals surface area contributed by atoms with Crippen molar-refractivity contribution in [1.29, 1.82) is 5.26 Å². The monoisotopic (exact) mass is 474 g/mol. The Morgan fingerprint density at radius 3 is 2.54 bits per heavy atom. The summed E-state index contributed by atoms with van der Waals surface area (Å²) in [5.74, 6) is 0.969. The first-order chi connectivity index (χ1) is 16.9. The van der Waals surface area contributed by atoms with E-state index in [-0.39, 0.29) is 5.69 Å². The largest absolute Gasteiger partial charge is 0.453 e. The summed E-state index contributed by atoms with van der Waals surface area (Å²) < 4.78 is 7.88. The van der Waals surface area contributed by atoms with Gasteiger partial charge in [0.05, 0.1) is 36.6 Å². The third-order valence-electron chi connectivity index (χ3n) is 5.75. The molecule has 0 unspecified atom stereocenters. The molecule has 1 aliphatic rings. The maximum Gasteiger partial charge on any atom is 0.411 e. The second-order valence-corrected chi connectivity index (χ2v) is 8.28. The molecule has 0 radical (unpaired) electrons. The van der Waals surface area contributed by atoms with E-state index in [1.54, 1.807) is 36.3 Å². The molecule has 3 heterocycles. The molecule has 1 saturated carbocycles. The summed E-state index contributed by atoms with van der Waals surface area (Å²) in [7, 11) is 4.82. The van der Waals surface area contributed by atoms with Crippen LogP contribution in [0.25, 0.3) is 22.2 Å². The van der Waals surface area contributed by atoms with Crippen molar-refractivity contribution in [1.82, 2.24) is 24.3 Å². The Hall–Kier alpha value is -4.59. The van der Waals surface area contributed by atoms with Gasteiger partial charge in [-0.2, -0.15) is 10.4 Å². The van der Waals surface area contributed by atoms with Gasteiger partial charge in [0, 0.05) is 49.2 Å². The van der Waals surface area contributed by atoms with Gasteiger partial charge in [0.25, 0.3) is 0 Å². The minimum Gasteiger partial charge on any atom is -0.453 e. The van der Waals surface area contributed by atoms with Crippen LogP contribution in [0.2, 0.25) is 0 Å². The number of carbonyl (C=O) groups excluding carboxylic acids is 1. The number of aromatic amines is 1. The van der Waals surface area contributed by atoms with E-state index in [1.165, 1.54) is 18.1 Å². The Morgan fingerprint density at radius 1 is 1.17 bits per heavy atom. The number of benzene rings is 1. The van der Waals surface area contributed by atoms with E-state index in [0.29, 0.717) is 34.1 Å². The lowest BCUT2D eigenvalue weighted by Crippen LogP contribution is -2.11. The van der Waals surface area contributed by atoms with E-state index >= 15 is 0 Å². The lowest BCUT2D eigenvalue weighted by Gasteiger charge is -2.15. The molecule has 11 heteroatoms. The molecule has 1 aliphatic carbocycles. The molecule has 0 saturated heterocycles. The number of aromatic nitrogens is 5. The summed E-state index contributed by atoms with van der Waals surface area (Å²) in [4.78, 5) is 30.6. The van der Waals surface area contributed by atoms with Crippen LogP contribution in [-0.4, -0.2) is 37.5 Å². The van der Waals surface area contributed by atoms with Gasteiger partial charge in [-0.25, -0.2) is 14.6 Å². The minimum absolute atomic E-state index is 0.206. The van der Waals surface area contributed by atoms with E-state index in [9.17, 15) is 9.59 Å². The van der Waals surface area contributed by atoms with Crippen molar-refractivity contribution in [2.75, 3.05) is 17.7 Å². The van der Waals surface area contributed by atoms with E-state index in [0.717, 1.165) is 24.0 Å². The average molecular weight is 475 g/mol. The fourth-order valence-corrected chi connectivity index (χ4v) is 3.56. The Balaban J connectivity index is 0.000000421. The number of carbonyl (C=O) groups is 1. The molecule has 5 rings (SSSR count). The molecule has 1 aromatic carbocycles. The topological polar surface area (TPSA) is 143 Å². The molecule has 0 bridgehead atoms. The number of ether oxygens (including phenoxy) is 1. The van der Waals surface area contributed by atoms with Crippen molar-refractivity contribution in [3.05, 3.63) is 53.3 Å². The highest BCUT2D eigenvalue weighted by Gasteiger charge is 2.15. The second kappa shape index (κ2) is 10.1. The molecule has 0 atom stereocenters. The zero-order valence-corrected chi connectivity index (χ0v) is 19.7. The highest BCUT2D eigenvalue weighted by Crippen LogP contribution is 2.29. The van der Waals surface area contributed by atoms with Gasteiger partial charge >= 0.3 is 11.8 Å². The number of H-pyrrole nitrogens is 1. The number of anilines is 3. The van der Waals surface area contributed by atoms with Gasteiger partial charge in [-0.05, 0) is 36.6 Å². The normalized spacial score (nSPS) is 12.7. The van der Waals surface area contributed by atoms with Crippen LogP contribution in [-0.2, 0) is 18.8 Å². The molecular formula is C24H26N8O3. The Kier molecular flexibility index (Phi) is 6.82. The predicted octanol–water partition coefficient (Wildman–Crippen LogP) is 3.89. The predicted molar refractivity (Wildman–Crippen MR) is 132 cm³/mol. The van der Waals surface area contributed by atoms with Crippen LogP contribution in [0, 0.1) is 17.2 Å². The zero-order valence-electron chi connectivity index (χ0n) is 19.7. The van der Waals surface area contributed by atoms with Crippen LogP contribution in [0.15, 0.2) is 47.7 Å². The van der Waals surface area contributed by atoms with Crippen molar-refractivity contribution in [2.24, 2.45) is 20.0 Å². The molecule has 3 aromatic heterocycles. The summed E-state index contributed by atoms with van der Waals surface area (Å²) in [5, 5.41) is 18.2. The minimum atomic E-state index is -0.569. The zero-order chi connectivity index (χ0) is 24.9. The summed E-state index contributed by atoms with van der Waals surface area (Å²) in [6.45, 7) is 0. The fourth-order valence-electron chi connectivity index (χ4n) is 3.56. The maximum absolute atomic E-state index is 11.8. The van der Waals surface area contributed by atoms with Crippen LogP contribution in [0.3, 0.4) is 0 Å². The molecule has 3 N–H and O–H groups in total. The summed E-state index contributed by atoms with van der Waals surface area (Å²) in [6, 6.07) is 9.45. The van der Waals surface area contributed by atoms with Gasteiger partial charge in [-0.3, -0.25) is 14.6 Å². The maximum atomic E-state index is 11.8. The van der Waals surface area contributed by atoms with Crippen molar-refractivity contribution in [3.63, 3.8) is 0 Å². The lowest BCUT2D eigenvalue weighted by atomic mass is 9.87. The second-order valence-electron chi connectivity index (χ2n) is 8.28. The number of methoxy groups -OCH3 is 1. The number of hydrogen-bond donors (Lipinski definition) is 3. The molecule has 0 aliphatic heterocycles. The number of nitriles is 1. The standard InChI is InChI=1S/C19H19N7O3.C5H7N/c1-25-10-12(8-21-25)11-4-13(6-14(5-11)23-19(28)29-3)22-17-7-15-16(9-20-17)26(2)18(27)24-15;6-4-5-2-1-3-5/h4-10H,1-3H3,(H,20,22)(H,23,28)(H,24,27);5H,1-3H2. The number of nitrogens with zero attached hydrogens (tertiary/aromatic N) is 5. The quantitative estimate of drug-likeness (QED) is 0.407. The number of aryl methyl sites for hydroxylation is 2. The number of amides is 1. The SMILES string of the molecule is COC(=O)Nc1cc(Nc2cc3[nH]c(=O)n(C)c3cn2)cc(-c2cnn(C)c2)c1.N#CC1CCC1. The number of fused-ring (bicyclic) bond motifs is 1. The van der Waals surface area contributed by atoms with Crippen LogP contribution >= 0.6 is 0 Å². The van der Waals surface area contributed by atoms with Crippen LogP contribution < -0.4 is 16.3 Å². The van der Waals surface area contributed by atoms with E-state index in [2.05, 4.69) is 36.5 Å². The molecular weight excluding hydrogens is 448 g/mol. The summed E-state index contributed by atoms with van der Waals surface area (Å²) in [6.07, 6.45) is 8.24. The first-order valence-electron chi connectivity index (χ1n) is 11.1. The smallest absolute Gasteiger partial charge is 0.411 e. The third-order valence-corrected chi connectivity index (χ3v) is 5.75. The van der Waals surface area contributed by atoms with Crippen molar-refractivity contribution >= 4 is 34.3 Å². The van der Waals surface area contributed by atoms with Crippen molar-refractivity contribution in [3.8, 4) is 17.2 Å². The highest BCUT2D eigenvalue weighted by molar-refractivity contribution is 5.88. The lowest BCUT2D eigenvalue weighted by molar-refractivity contribution is 0.187. The molecule has 180 valence electrons. The Morgan fingerprint density at radius 2 is 1.94 bits per heavy atom. The van der Waals surface area contributed by atoms with E-state index < -0.39 is 6.09 Å². The molecule has 1 amide bonds. The highest BCUT2D eigenvalue weighted by atomic mass is 16.5. The van der Waals surface area contributed by atoms with Gasteiger partial charge in [-0.15, -0.1) is 0 Å².